The lowest BCUT2D eigenvalue weighted by Crippen LogP contribution is -1.97. The minimum Gasteiger partial charge on any atom is -0.289 e. The first-order valence-corrected chi connectivity index (χ1v) is 8.53. The lowest BCUT2D eigenvalue weighted by molar-refractivity contribution is 0.104. The van der Waals surface area contributed by atoms with E-state index in [1.807, 2.05) is 55.5 Å². The zero-order chi connectivity index (χ0) is 20.3. The Hall–Kier alpha value is -3.26. The largest absolute Gasteiger partial charge is 0.289 e. The van der Waals surface area contributed by atoms with Crippen LogP contribution in [0.4, 0.5) is 0 Å². The van der Waals surface area contributed by atoms with Gasteiger partial charge in [0.05, 0.1) is 5.69 Å². The van der Waals surface area contributed by atoms with Crippen molar-refractivity contribution in [3.63, 3.8) is 0 Å². The third kappa shape index (κ3) is 2.05. The fraction of sp³-hybridized carbons (Fsp3) is 0.0833. The molecule has 0 atom stereocenters. The van der Waals surface area contributed by atoms with E-state index in [0.717, 1.165) is 33.0 Å². The molecule has 0 fully saturated rings. The first-order valence-electron chi connectivity index (χ1n) is 10.0. The number of carbonyl (C=O) groups is 1. The van der Waals surface area contributed by atoms with Crippen LogP contribution in [0.2, 0.25) is 0 Å². The third-order valence-electron chi connectivity index (χ3n) is 4.99. The number of aryl methyl sites for hydroxylation is 2. The van der Waals surface area contributed by atoms with Crippen molar-refractivity contribution in [3.8, 4) is 22.4 Å². The number of benzene rings is 3. The topological polar surface area (TPSA) is 30.0 Å². The van der Waals surface area contributed by atoms with Crippen LogP contribution in [0.25, 0.3) is 33.2 Å². The lowest BCUT2D eigenvalue weighted by Gasteiger charge is -2.11. The highest BCUT2D eigenvalue weighted by Gasteiger charge is 2.28. The van der Waals surface area contributed by atoms with Crippen molar-refractivity contribution in [3.05, 3.63) is 89.1 Å². The van der Waals surface area contributed by atoms with Gasteiger partial charge in [0.1, 0.15) is 0 Å². The van der Waals surface area contributed by atoms with Gasteiger partial charge < -0.3 is 0 Å². The quantitative estimate of drug-likeness (QED) is 0.391. The Morgan fingerprint density at radius 3 is 2.50 bits per heavy atom. The highest BCUT2D eigenvalue weighted by molar-refractivity contribution is 6.28. The van der Waals surface area contributed by atoms with Crippen molar-refractivity contribution in [1.82, 2.24) is 4.98 Å². The molecule has 0 saturated carbocycles. The molecule has 2 heteroatoms. The minimum absolute atomic E-state index is 0.0192. The normalized spacial score (nSPS) is 14.5. The molecule has 1 aliphatic carbocycles. The molecule has 1 aliphatic rings. The number of fused-ring (bicyclic) bond motifs is 5. The zero-order valence-electron chi connectivity index (χ0n) is 17.2. The molecule has 26 heavy (non-hydrogen) atoms. The van der Waals surface area contributed by atoms with E-state index >= 15 is 0 Å². The highest BCUT2D eigenvalue weighted by atomic mass is 16.1. The summed E-state index contributed by atoms with van der Waals surface area (Å²) in [6.07, 6.45) is 1.69. The van der Waals surface area contributed by atoms with Gasteiger partial charge in [0, 0.05) is 32.4 Å². The monoisotopic (exact) mass is 338 g/mol. The molecule has 0 spiro atoms. The fourth-order valence-electron chi connectivity index (χ4n) is 3.92. The van der Waals surface area contributed by atoms with Gasteiger partial charge in [0.15, 0.2) is 5.78 Å². The summed E-state index contributed by atoms with van der Waals surface area (Å²) < 4.78 is 23.3. The fourth-order valence-corrected chi connectivity index (χ4v) is 3.92. The third-order valence-corrected chi connectivity index (χ3v) is 4.99. The maximum atomic E-state index is 13.1. The predicted molar refractivity (Wildman–Crippen MR) is 106 cm³/mol. The lowest BCUT2D eigenvalue weighted by atomic mass is 9.95. The highest BCUT2D eigenvalue weighted by Crippen LogP contribution is 2.41. The van der Waals surface area contributed by atoms with Crippen molar-refractivity contribution in [1.29, 1.82) is 0 Å². The molecular weight excluding hydrogens is 318 g/mol. The van der Waals surface area contributed by atoms with Crippen LogP contribution < -0.4 is 0 Å². The number of nitrogens with zero attached hydrogens (tertiary/aromatic N) is 1. The second-order valence-electron chi connectivity index (χ2n) is 6.71. The molecule has 3 aromatic carbocycles. The molecule has 0 bridgehead atoms. The van der Waals surface area contributed by atoms with Crippen molar-refractivity contribution < 1.29 is 8.91 Å². The van der Waals surface area contributed by atoms with E-state index in [9.17, 15) is 4.79 Å². The van der Waals surface area contributed by atoms with E-state index in [4.69, 9.17) is 4.11 Å². The van der Waals surface area contributed by atoms with Gasteiger partial charge in [-0.25, -0.2) is 0 Å². The summed E-state index contributed by atoms with van der Waals surface area (Å²) in [4.78, 5) is 17.6. The molecule has 2 nitrogen and oxygen atoms in total. The number of ketones is 1. The Bertz CT molecular complexity index is 1320. The molecule has 0 saturated heterocycles. The van der Waals surface area contributed by atoms with Crippen LogP contribution in [-0.4, -0.2) is 10.8 Å². The number of pyridine rings is 1. The molecule has 1 heterocycles. The van der Waals surface area contributed by atoms with Crippen LogP contribution in [0.3, 0.4) is 0 Å². The summed E-state index contributed by atoms with van der Waals surface area (Å²) in [7, 11) is 0. The van der Waals surface area contributed by atoms with Gasteiger partial charge in [-0.2, -0.15) is 0 Å². The van der Waals surface area contributed by atoms with Gasteiger partial charge in [0.2, 0.25) is 0 Å². The summed E-state index contributed by atoms with van der Waals surface area (Å²) >= 11 is 0. The Morgan fingerprint density at radius 1 is 0.846 bits per heavy atom. The Kier molecular flexibility index (Phi) is 2.51. The first kappa shape index (κ1) is 12.2. The summed E-state index contributed by atoms with van der Waals surface area (Å²) in [6.45, 7) is -0.314. The summed E-state index contributed by atoms with van der Waals surface area (Å²) in [5.74, 6) is 0.0192. The molecule has 0 aliphatic heterocycles. The van der Waals surface area contributed by atoms with Crippen molar-refractivity contribution in [2.75, 3.05) is 0 Å². The molecule has 0 N–H and O–H groups in total. The molecule has 4 aromatic rings. The second-order valence-corrected chi connectivity index (χ2v) is 6.71. The summed E-state index contributed by atoms with van der Waals surface area (Å²) in [5, 5.41) is 1.68. The van der Waals surface area contributed by atoms with Crippen LogP contribution in [0.5, 0.6) is 0 Å². The van der Waals surface area contributed by atoms with E-state index < -0.39 is 6.85 Å². The Labute approximate surface area is 156 Å². The van der Waals surface area contributed by atoms with Gasteiger partial charge in [-0.1, -0.05) is 53.6 Å². The Morgan fingerprint density at radius 2 is 1.65 bits per heavy atom. The van der Waals surface area contributed by atoms with E-state index in [2.05, 4.69) is 4.98 Å². The number of hydrogen-bond donors (Lipinski definition) is 0. The van der Waals surface area contributed by atoms with Crippen LogP contribution in [0.15, 0.2) is 66.9 Å². The molecular formula is C24H17NO. The molecule has 1 aromatic heterocycles. The maximum Gasteiger partial charge on any atom is 0.194 e. The molecule has 0 unspecified atom stereocenters. The number of rotatable bonds is 1. The Balaban J connectivity index is 1.78. The predicted octanol–water partition coefficient (Wildman–Crippen LogP) is 5.73. The van der Waals surface area contributed by atoms with Gasteiger partial charge >= 0.3 is 0 Å². The van der Waals surface area contributed by atoms with E-state index in [1.54, 1.807) is 18.3 Å². The van der Waals surface area contributed by atoms with Crippen molar-refractivity contribution >= 4 is 16.6 Å². The molecule has 5 rings (SSSR count). The molecule has 0 amide bonds. The second kappa shape index (κ2) is 5.37. The van der Waals surface area contributed by atoms with Gasteiger partial charge in [0.25, 0.3) is 0 Å². The summed E-state index contributed by atoms with van der Waals surface area (Å²) in [6, 6.07) is 18.7. The maximum absolute atomic E-state index is 13.1. The standard InChI is InChI=1S/C24H17NO/c1-14-11-15(2)13-16(12-14)23-20-8-7-18-17-5-3-4-6-21(17)24(26)22(18)19(20)9-10-25-23/h3-13H,1-2H3/i1D3. The van der Waals surface area contributed by atoms with Gasteiger partial charge in [-0.15, -0.1) is 0 Å². The number of aromatic nitrogens is 1. The SMILES string of the molecule is [2H]C([2H])([2H])c1cc(C)cc(-c2nccc3c4c(ccc23)-c2ccccc2C4=O)c1. The summed E-state index contributed by atoms with van der Waals surface area (Å²) in [5.41, 5.74) is 5.86. The van der Waals surface area contributed by atoms with Crippen LogP contribution in [0, 0.1) is 13.8 Å². The van der Waals surface area contributed by atoms with Gasteiger partial charge in [-0.3, -0.25) is 9.78 Å². The smallest absolute Gasteiger partial charge is 0.194 e. The van der Waals surface area contributed by atoms with Crippen LogP contribution in [-0.2, 0) is 0 Å². The van der Waals surface area contributed by atoms with Crippen LogP contribution >= 0.6 is 0 Å². The number of hydrogen-bond acceptors (Lipinski definition) is 2. The minimum atomic E-state index is -2.19. The van der Waals surface area contributed by atoms with E-state index in [0.29, 0.717) is 16.8 Å². The first-order chi connectivity index (χ1) is 13.8. The van der Waals surface area contributed by atoms with E-state index in [1.165, 1.54) is 0 Å². The number of carbonyl (C=O) groups excluding carboxylic acids is 1. The van der Waals surface area contributed by atoms with Crippen molar-refractivity contribution in [2.45, 2.75) is 13.8 Å². The molecule has 0 radical (unpaired) electrons. The average molecular weight is 338 g/mol. The molecule has 124 valence electrons. The van der Waals surface area contributed by atoms with Crippen LogP contribution in [0.1, 0.15) is 31.2 Å². The van der Waals surface area contributed by atoms with Gasteiger partial charge in [-0.05, 0) is 48.5 Å². The zero-order valence-corrected chi connectivity index (χ0v) is 14.2. The van der Waals surface area contributed by atoms with Crippen molar-refractivity contribution in [2.24, 2.45) is 0 Å². The van der Waals surface area contributed by atoms with E-state index in [-0.39, 0.29) is 11.3 Å². The average Bonchev–Trinajstić information content (AvgIpc) is 2.99.